The minimum absolute atomic E-state index is 0.00237. The zero-order valence-corrected chi connectivity index (χ0v) is 37.6. The number of anilines is 1. The standard InChI is InChI=1S/C29H35NO2.C23H27FN4O3/c1-5-15-29(32)16-14-26-24-12-8-20-17-22(31)11-13-23(20)27(24)25(18-28(26,29)2)19-6-9-21(10-7-19)30(3)4;1-14-17(23(30)28-9-2-3-19(29)22(28)25-14)8-12-27-10-6-15(7-11-27)21-18-5-4-16(24)13-20(18)31-26-21/h6-7,9-10,17,24-26,32H,8,11-14,16,18H2,1-4H3;4-5,13,15,19,29H,2-3,6-12H2,1H3/t24-,25+,26-,28-,29-;19-/m01/s1. The molecule has 4 aliphatic carbocycles. The van der Waals surface area contributed by atoms with E-state index in [-0.39, 0.29) is 28.5 Å². The Morgan fingerprint density at radius 2 is 1.78 bits per heavy atom. The Hall–Kier alpha value is -4.89. The Morgan fingerprint density at radius 3 is 2.52 bits per heavy atom. The van der Waals surface area contributed by atoms with Crippen LogP contribution in [-0.2, 0) is 17.8 Å². The molecule has 2 aromatic heterocycles. The molecule has 0 amide bonds. The van der Waals surface area contributed by atoms with Crippen LogP contribution in [0.3, 0.4) is 0 Å². The summed E-state index contributed by atoms with van der Waals surface area (Å²) in [6.07, 6.45) is 11.6. The molecule has 6 atom stereocenters. The van der Waals surface area contributed by atoms with E-state index >= 15 is 0 Å². The summed E-state index contributed by atoms with van der Waals surface area (Å²) < 4.78 is 20.4. The third-order valence-electron chi connectivity index (χ3n) is 15.8. The van der Waals surface area contributed by atoms with Gasteiger partial charge in [-0.05, 0) is 156 Å². The summed E-state index contributed by atoms with van der Waals surface area (Å²) in [5.74, 6) is 8.25. The smallest absolute Gasteiger partial charge is 0.257 e. The third-order valence-corrected chi connectivity index (χ3v) is 15.8. The van der Waals surface area contributed by atoms with Gasteiger partial charge in [-0.2, -0.15) is 0 Å². The fraction of sp³-hybridized carbons (Fsp3) is 0.538. The fourth-order valence-corrected chi connectivity index (χ4v) is 12.4. The summed E-state index contributed by atoms with van der Waals surface area (Å²) in [6.45, 7) is 9.27. The fourth-order valence-electron chi connectivity index (χ4n) is 12.4. The summed E-state index contributed by atoms with van der Waals surface area (Å²) in [4.78, 5) is 34.2. The maximum Gasteiger partial charge on any atom is 0.257 e. The van der Waals surface area contributed by atoms with Crippen molar-refractivity contribution in [1.82, 2.24) is 19.6 Å². The summed E-state index contributed by atoms with van der Waals surface area (Å²) in [7, 11) is 4.14. The molecule has 0 unspecified atom stereocenters. The molecule has 332 valence electrons. The van der Waals surface area contributed by atoms with Gasteiger partial charge in [0.05, 0.1) is 5.69 Å². The van der Waals surface area contributed by atoms with Gasteiger partial charge in [0, 0.05) is 79.3 Å². The normalized spacial score (nSPS) is 28.2. The van der Waals surface area contributed by atoms with E-state index in [4.69, 9.17) is 4.52 Å². The first-order valence-electron chi connectivity index (χ1n) is 23.2. The van der Waals surface area contributed by atoms with Crippen molar-refractivity contribution in [2.75, 3.05) is 38.6 Å². The highest BCUT2D eigenvalue weighted by molar-refractivity contribution is 5.93. The maximum atomic E-state index is 13.4. The van der Waals surface area contributed by atoms with Gasteiger partial charge in [0.1, 0.15) is 23.3 Å². The number of hydrogen-bond donors (Lipinski definition) is 2. The number of benzene rings is 2. The number of aliphatic hydroxyl groups excluding tert-OH is 1. The van der Waals surface area contributed by atoms with Gasteiger partial charge in [-0.1, -0.05) is 35.7 Å². The molecule has 0 bridgehead atoms. The van der Waals surface area contributed by atoms with E-state index in [0.29, 0.717) is 55.0 Å². The molecule has 0 spiro atoms. The molecule has 10 nitrogen and oxygen atoms in total. The van der Waals surface area contributed by atoms with E-state index < -0.39 is 11.7 Å². The zero-order valence-electron chi connectivity index (χ0n) is 37.6. The molecule has 2 aromatic carbocycles. The van der Waals surface area contributed by atoms with Gasteiger partial charge in [-0.25, -0.2) is 9.37 Å². The highest BCUT2D eigenvalue weighted by Gasteiger charge is 2.62. The van der Waals surface area contributed by atoms with Crippen LogP contribution in [0.15, 0.2) is 74.6 Å². The van der Waals surface area contributed by atoms with Gasteiger partial charge in [-0.3, -0.25) is 14.2 Å². The van der Waals surface area contributed by atoms with E-state index in [1.165, 1.54) is 34.5 Å². The van der Waals surface area contributed by atoms with Crippen molar-refractivity contribution < 1.29 is 23.9 Å². The molecule has 0 radical (unpaired) electrons. The van der Waals surface area contributed by atoms with E-state index in [0.717, 1.165) is 99.8 Å². The number of likely N-dealkylation sites (tertiary alicyclic amines) is 1. The number of aliphatic hydroxyl groups is 2. The van der Waals surface area contributed by atoms with Crippen LogP contribution in [0.2, 0.25) is 0 Å². The van der Waals surface area contributed by atoms with Crippen LogP contribution in [0, 0.1) is 41.8 Å². The zero-order chi connectivity index (χ0) is 44.2. The number of aryl methyl sites for hydroxylation is 1. The van der Waals surface area contributed by atoms with Gasteiger partial charge < -0.3 is 24.5 Å². The number of fused-ring (bicyclic) bond motifs is 6. The van der Waals surface area contributed by atoms with Gasteiger partial charge in [0.25, 0.3) is 5.56 Å². The van der Waals surface area contributed by atoms with Crippen molar-refractivity contribution in [3.63, 3.8) is 0 Å². The number of piperidine rings is 1. The second-order valence-electron chi connectivity index (χ2n) is 19.5. The van der Waals surface area contributed by atoms with Crippen LogP contribution in [0.25, 0.3) is 11.0 Å². The Kier molecular flexibility index (Phi) is 11.9. The topological polar surface area (TPSA) is 125 Å². The molecule has 2 saturated carbocycles. The molecule has 11 heteroatoms. The molecule has 6 aliphatic rings. The van der Waals surface area contributed by atoms with Gasteiger partial charge in [-0.15, -0.1) is 5.92 Å². The lowest BCUT2D eigenvalue weighted by atomic mass is 9.51. The van der Waals surface area contributed by atoms with Gasteiger partial charge in [0.15, 0.2) is 11.4 Å². The van der Waals surface area contributed by atoms with Crippen molar-refractivity contribution >= 4 is 22.4 Å². The highest BCUT2D eigenvalue weighted by Crippen LogP contribution is 2.66. The number of aromatic nitrogens is 3. The van der Waals surface area contributed by atoms with Crippen molar-refractivity contribution in [3.8, 4) is 11.8 Å². The monoisotopic (exact) mass is 855 g/mol. The summed E-state index contributed by atoms with van der Waals surface area (Å²) in [6, 6.07) is 13.6. The van der Waals surface area contributed by atoms with Crippen LogP contribution in [0.5, 0.6) is 0 Å². The number of rotatable bonds is 6. The molecule has 10 rings (SSSR count). The van der Waals surface area contributed by atoms with Crippen molar-refractivity contribution in [3.05, 3.63) is 110 Å². The van der Waals surface area contributed by atoms with E-state index in [1.54, 1.807) is 16.2 Å². The quantitative estimate of drug-likeness (QED) is 0.184. The number of allylic oxidation sites excluding steroid dienone is 4. The molecule has 4 aromatic rings. The average Bonchev–Trinajstić information content (AvgIpc) is 3.81. The first-order chi connectivity index (χ1) is 30.3. The second-order valence-corrected chi connectivity index (χ2v) is 19.5. The van der Waals surface area contributed by atoms with Crippen LogP contribution in [-0.4, -0.2) is 74.9 Å². The molecule has 1 saturated heterocycles. The summed E-state index contributed by atoms with van der Waals surface area (Å²) in [5.41, 5.74) is 8.61. The molecule has 4 heterocycles. The minimum atomic E-state index is -0.914. The van der Waals surface area contributed by atoms with E-state index in [1.807, 2.05) is 19.9 Å². The largest absolute Gasteiger partial charge is 0.385 e. The number of hydrogen-bond acceptors (Lipinski definition) is 9. The van der Waals surface area contributed by atoms with Crippen LogP contribution >= 0.6 is 0 Å². The molecule has 3 fully saturated rings. The lowest BCUT2D eigenvalue weighted by Gasteiger charge is -2.53. The Balaban J connectivity index is 0.000000160. The summed E-state index contributed by atoms with van der Waals surface area (Å²) >= 11 is 0. The van der Waals surface area contributed by atoms with E-state index in [9.17, 15) is 24.2 Å². The predicted molar refractivity (Wildman–Crippen MR) is 243 cm³/mol. The third kappa shape index (κ3) is 7.91. The minimum Gasteiger partial charge on any atom is -0.385 e. The Labute approximate surface area is 370 Å². The maximum absolute atomic E-state index is 13.4. The number of ketones is 1. The number of carbonyl (C=O) groups is 1. The van der Waals surface area contributed by atoms with Crippen molar-refractivity contribution in [2.45, 2.75) is 128 Å². The first kappa shape index (κ1) is 43.4. The van der Waals surface area contributed by atoms with Gasteiger partial charge >= 0.3 is 0 Å². The Morgan fingerprint density at radius 1 is 1.00 bits per heavy atom. The van der Waals surface area contributed by atoms with E-state index in [2.05, 4.69) is 77.1 Å². The van der Waals surface area contributed by atoms with Crippen molar-refractivity contribution in [2.24, 2.45) is 17.3 Å². The first-order valence-corrected chi connectivity index (χ1v) is 23.2. The molecule has 2 aliphatic heterocycles. The SMILES string of the molecule is CC#C[C@]1(O)CC[C@H]2[C@@H]3CCC4=CC(=O)CCC4=C3[C@@H](c3ccc(N(C)C)cc3)C[C@@]21C.Cc1nc2n(c(=O)c1CCN1CCC(c3noc4cc(F)ccc34)CC1)CCC[C@H]2O. The molecule has 63 heavy (non-hydrogen) atoms. The van der Waals surface area contributed by atoms with Crippen LogP contribution < -0.4 is 10.5 Å². The average molecular weight is 856 g/mol. The molecular formula is C52H62FN5O5. The summed E-state index contributed by atoms with van der Waals surface area (Å²) in [5, 5.41) is 27.0. The van der Waals surface area contributed by atoms with Gasteiger partial charge in [0.2, 0.25) is 0 Å². The van der Waals surface area contributed by atoms with Crippen molar-refractivity contribution in [1.29, 1.82) is 0 Å². The lowest BCUT2D eigenvalue weighted by Crippen LogP contribution is -2.51. The predicted octanol–water partition coefficient (Wildman–Crippen LogP) is 8.49. The number of carbonyl (C=O) groups excluding carboxylic acids is 1. The Bertz CT molecular complexity index is 2590. The number of nitrogens with zero attached hydrogens (tertiary/aromatic N) is 5. The molecule has 2 N–H and O–H groups in total. The number of halogens is 1. The second kappa shape index (κ2) is 17.2. The molecular weight excluding hydrogens is 794 g/mol. The lowest BCUT2D eigenvalue weighted by molar-refractivity contribution is -0.114. The van der Waals surface area contributed by atoms with Crippen LogP contribution in [0.4, 0.5) is 10.1 Å². The highest BCUT2D eigenvalue weighted by atomic mass is 19.1. The van der Waals surface area contributed by atoms with Crippen LogP contribution in [0.1, 0.15) is 131 Å².